The maximum Gasteiger partial charge on any atom is 0.404 e. The van der Waals surface area contributed by atoms with Crippen molar-refractivity contribution in [1.29, 1.82) is 0 Å². The van der Waals surface area contributed by atoms with E-state index in [9.17, 15) is 4.79 Å². The Morgan fingerprint density at radius 3 is 2.29 bits per heavy atom. The van der Waals surface area contributed by atoms with Crippen LogP contribution in [0.1, 0.15) is 6.92 Å². The fourth-order valence-electron chi connectivity index (χ4n) is 0.142. The molecule has 3 nitrogen and oxygen atoms in total. The maximum absolute atomic E-state index is 9.60. The molecule has 0 heterocycles. The van der Waals surface area contributed by atoms with Gasteiger partial charge in [-0.2, -0.15) is 0 Å². The van der Waals surface area contributed by atoms with Gasteiger partial charge in [0.25, 0.3) is 0 Å². The Morgan fingerprint density at radius 1 is 1.86 bits per heavy atom. The van der Waals surface area contributed by atoms with Crippen LogP contribution in [-0.2, 0) is 4.74 Å². The zero-order valence-corrected chi connectivity index (χ0v) is 4.10. The summed E-state index contributed by atoms with van der Waals surface area (Å²) in [7, 11) is 0. The number of carbonyl (C=O) groups excluding carboxylic acids is 1. The largest absolute Gasteiger partial charge is 0.450 e. The number of rotatable bonds is 1. The first-order valence-corrected chi connectivity index (χ1v) is 1.69. The molecular weight excluding hydrogens is 94.0 g/mol. The molecule has 0 aromatic heterocycles. The van der Waals surface area contributed by atoms with Gasteiger partial charge in [0, 0.05) is 7.43 Å². The fourth-order valence-corrected chi connectivity index (χ4v) is 0.142. The maximum atomic E-state index is 9.60. The molecule has 0 aromatic carbocycles. The predicted octanol–water partition coefficient (Wildman–Crippen LogP) is 0.183. The lowest BCUT2D eigenvalue weighted by molar-refractivity contribution is 0.163. The Morgan fingerprint density at radius 2 is 2.29 bits per heavy atom. The van der Waals surface area contributed by atoms with Crippen molar-refractivity contribution in [2.24, 2.45) is 5.73 Å². The topological polar surface area (TPSA) is 52.3 Å². The van der Waals surface area contributed by atoms with Crippen molar-refractivity contribution in [3.05, 3.63) is 7.43 Å². The average molecular weight is 101 g/mol. The molecule has 0 aliphatic rings. The van der Waals surface area contributed by atoms with Crippen molar-refractivity contribution in [2.75, 3.05) is 6.61 Å². The normalized spacial score (nSPS) is 6.43. The Hall–Kier alpha value is -0.730. The van der Waals surface area contributed by atoms with E-state index in [1.165, 1.54) is 0 Å². The van der Waals surface area contributed by atoms with Crippen LogP contribution in [0.5, 0.6) is 0 Å². The molecule has 0 aliphatic carbocycles. The van der Waals surface area contributed by atoms with E-state index in [2.05, 4.69) is 10.5 Å². The van der Waals surface area contributed by atoms with Crippen LogP contribution < -0.4 is 5.73 Å². The van der Waals surface area contributed by atoms with Crippen molar-refractivity contribution in [3.8, 4) is 0 Å². The van der Waals surface area contributed by atoms with E-state index in [-0.39, 0.29) is 7.43 Å². The molecule has 0 atom stereocenters. The van der Waals surface area contributed by atoms with Crippen LogP contribution in [0.25, 0.3) is 0 Å². The third kappa shape index (κ3) is 10.9. The number of primary amides is 1. The van der Waals surface area contributed by atoms with Gasteiger partial charge >= 0.3 is 6.09 Å². The molecule has 7 heavy (non-hydrogen) atoms. The molecule has 0 fully saturated rings. The molecule has 0 rings (SSSR count). The number of hydrogen-bond acceptors (Lipinski definition) is 2. The van der Waals surface area contributed by atoms with Gasteiger partial charge in [-0.3, -0.25) is 0 Å². The molecule has 0 aliphatic heterocycles. The standard InChI is InChI=1S/C3H7NO2.C/c1-2-6-3(4)5;/h2H2,1H3,(H2,4,5);. The van der Waals surface area contributed by atoms with Crippen LogP contribution in [0.3, 0.4) is 0 Å². The van der Waals surface area contributed by atoms with Crippen LogP contribution in [-0.4, -0.2) is 12.7 Å². The summed E-state index contributed by atoms with van der Waals surface area (Å²) in [5, 5.41) is 0. The van der Waals surface area contributed by atoms with Crippen molar-refractivity contribution >= 4 is 6.09 Å². The first-order chi connectivity index (χ1) is 2.77. The summed E-state index contributed by atoms with van der Waals surface area (Å²) in [6.07, 6.45) is -0.711. The second-order valence-electron chi connectivity index (χ2n) is 0.752. The molecule has 0 aromatic rings. The molecule has 40 valence electrons. The van der Waals surface area contributed by atoms with E-state index in [0.29, 0.717) is 6.61 Å². The number of hydrogen-bond donors (Lipinski definition) is 1. The first kappa shape index (κ1) is 9.55. The predicted molar refractivity (Wildman–Crippen MR) is 24.5 cm³/mol. The zero-order chi connectivity index (χ0) is 4.99. The minimum absolute atomic E-state index is 0. The van der Waals surface area contributed by atoms with Gasteiger partial charge in [-0.15, -0.1) is 0 Å². The summed E-state index contributed by atoms with van der Waals surface area (Å²) in [4.78, 5) is 9.60. The molecule has 3 heteroatoms. The van der Waals surface area contributed by atoms with Gasteiger partial charge in [0.2, 0.25) is 0 Å². The highest BCUT2D eigenvalue weighted by atomic mass is 16.5. The van der Waals surface area contributed by atoms with Crippen LogP contribution >= 0.6 is 0 Å². The summed E-state index contributed by atoms with van der Waals surface area (Å²) < 4.78 is 4.18. The molecule has 1 amide bonds. The highest BCUT2D eigenvalue weighted by Gasteiger charge is 1.82. The van der Waals surface area contributed by atoms with Crippen molar-refractivity contribution in [3.63, 3.8) is 0 Å². The van der Waals surface area contributed by atoms with Crippen LogP contribution in [0.15, 0.2) is 0 Å². The molecular formula is C4H7NO2. The van der Waals surface area contributed by atoms with E-state index in [0.717, 1.165) is 0 Å². The van der Waals surface area contributed by atoms with Gasteiger partial charge < -0.3 is 10.5 Å². The summed E-state index contributed by atoms with van der Waals surface area (Å²) in [6.45, 7) is 2.06. The second kappa shape index (κ2) is 5.27. The van der Waals surface area contributed by atoms with Gasteiger partial charge in [-0.25, -0.2) is 4.79 Å². The lowest BCUT2D eigenvalue weighted by atomic mass is 10.9. The molecule has 0 spiro atoms. The van der Waals surface area contributed by atoms with Crippen LogP contribution in [0.2, 0.25) is 0 Å². The second-order valence-corrected chi connectivity index (χ2v) is 0.752. The first-order valence-electron chi connectivity index (χ1n) is 1.69. The average Bonchev–Trinajstić information content (AvgIpc) is 1.35. The van der Waals surface area contributed by atoms with E-state index < -0.39 is 6.09 Å². The van der Waals surface area contributed by atoms with Gasteiger partial charge in [0.1, 0.15) is 0 Å². The van der Waals surface area contributed by atoms with Crippen molar-refractivity contribution in [2.45, 2.75) is 6.92 Å². The monoisotopic (exact) mass is 101 g/mol. The van der Waals surface area contributed by atoms with Gasteiger partial charge in [-0.05, 0) is 6.92 Å². The third-order valence-electron chi connectivity index (χ3n) is 0.287. The molecule has 4 radical (unpaired) electrons. The zero-order valence-electron chi connectivity index (χ0n) is 4.10. The Bertz CT molecular complexity index is 53.7. The molecule has 0 bridgehead atoms. The van der Waals surface area contributed by atoms with Crippen molar-refractivity contribution < 1.29 is 9.53 Å². The number of ether oxygens (including phenoxy) is 1. The minimum atomic E-state index is -0.711. The fraction of sp³-hybridized carbons (Fsp3) is 0.500. The van der Waals surface area contributed by atoms with E-state index in [4.69, 9.17) is 0 Å². The number of amides is 1. The van der Waals surface area contributed by atoms with E-state index in [1.807, 2.05) is 0 Å². The molecule has 0 unspecified atom stereocenters. The lowest BCUT2D eigenvalue weighted by Crippen LogP contribution is -2.11. The molecule has 0 saturated heterocycles. The SMILES string of the molecule is CCOC(N)=O.[C]. The highest BCUT2D eigenvalue weighted by Crippen LogP contribution is 1.66. The summed E-state index contributed by atoms with van der Waals surface area (Å²) in [5.74, 6) is 0. The Kier molecular flexibility index (Phi) is 7.19. The quantitative estimate of drug-likeness (QED) is 0.512. The lowest BCUT2D eigenvalue weighted by Gasteiger charge is -1.89. The summed E-state index contributed by atoms with van der Waals surface area (Å²) in [5.41, 5.74) is 4.54. The van der Waals surface area contributed by atoms with Crippen LogP contribution in [0, 0.1) is 7.43 Å². The summed E-state index contributed by atoms with van der Waals surface area (Å²) >= 11 is 0. The number of carbonyl (C=O) groups is 1. The Labute approximate surface area is 43.5 Å². The summed E-state index contributed by atoms with van der Waals surface area (Å²) in [6, 6.07) is 0. The van der Waals surface area contributed by atoms with Gasteiger partial charge in [0.15, 0.2) is 0 Å². The molecule has 0 saturated carbocycles. The molecule has 2 N–H and O–H groups in total. The smallest absolute Gasteiger partial charge is 0.404 e. The van der Waals surface area contributed by atoms with E-state index >= 15 is 0 Å². The number of nitrogens with two attached hydrogens (primary N) is 1. The van der Waals surface area contributed by atoms with Crippen molar-refractivity contribution in [1.82, 2.24) is 0 Å². The third-order valence-corrected chi connectivity index (χ3v) is 0.287. The minimum Gasteiger partial charge on any atom is -0.450 e. The van der Waals surface area contributed by atoms with Gasteiger partial charge in [0.05, 0.1) is 6.61 Å². The van der Waals surface area contributed by atoms with E-state index in [1.54, 1.807) is 6.92 Å². The van der Waals surface area contributed by atoms with Crippen LogP contribution in [0.4, 0.5) is 4.79 Å². The Balaban J connectivity index is 0. The highest BCUT2D eigenvalue weighted by molar-refractivity contribution is 5.64. The van der Waals surface area contributed by atoms with Gasteiger partial charge in [-0.1, -0.05) is 0 Å².